The van der Waals surface area contributed by atoms with E-state index in [1.165, 1.54) is 6.39 Å². The second-order valence-corrected chi connectivity index (χ2v) is 3.91. The monoisotopic (exact) mass is 257 g/mol. The fourth-order valence-corrected chi connectivity index (χ4v) is 1.57. The third-order valence-electron chi connectivity index (χ3n) is 2.46. The number of anilines is 1. The van der Waals surface area contributed by atoms with E-state index in [0.29, 0.717) is 12.3 Å². The average Bonchev–Trinajstić information content (AvgIpc) is 2.94. The molecule has 1 aromatic heterocycles. The number of rotatable bonds is 6. The molecule has 0 aliphatic heterocycles. The van der Waals surface area contributed by atoms with Gasteiger partial charge in [0, 0.05) is 17.8 Å². The molecule has 2 aromatic rings. The lowest BCUT2D eigenvalue weighted by molar-refractivity contribution is -0.115. The Balaban J connectivity index is 1.92. The van der Waals surface area contributed by atoms with Gasteiger partial charge in [0.1, 0.15) is 0 Å². The van der Waals surface area contributed by atoms with E-state index in [1.807, 2.05) is 24.3 Å². The fourth-order valence-electron chi connectivity index (χ4n) is 1.57. The number of hydrogen-bond donors (Lipinski definition) is 2. The first-order chi connectivity index (χ1) is 9.29. The summed E-state index contributed by atoms with van der Waals surface area (Å²) >= 11 is 0. The van der Waals surface area contributed by atoms with Crippen LogP contribution < -0.4 is 10.6 Å². The molecular formula is C14H15N3O2. The third-order valence-corrected chi connectivity index (χ3v) is 2.46. The SMILES string of the molecule is C=CCNCC(=O)Nc1ccc(-c2cnco2)cc1. The van der Waals surface area contributed by atoms with Crippen LogP contribution in [0.1, 0.15) is 0 Å². The van der Waals surface area contributed by atoms with Gasteiger partial charge in [0.05, 0.1) is 12.7 Å². The molecule has 0 saturated heterocycles. The van der Waals surface area contributed by atoms with Gasteiger partial charge in [0.15, 0.2) is 12.2 Å². The average molecular weight is 257 g/mol. The van der Waals surface area contributed by atoms with Gasteiger partial charge in [-0.1, -0.05) is 6.08 Å². The molecule has 0 aliphatic carbocycles. The Hall–Kier alpha value is -2.40. The first-order valence-electron chi connectivity index (χ1n) is 5.90. The summed E-state index contributed by atoms with van der Waals surface area (Å²) in [5, 5.41) is 5.73. The maximum absolute atomic E-state index is 11.6. The molecule has 0 aliphatic rings. The summed E-state index contributed by atoms with van der Waals surface area (Å²) in [5.41, 5.74) is 1.66. The van der Waals surface area contributed by atoms with Crippen LogP contribution in [0.4, 0.5) is 5.69 Å². The van der Waals surface area contributed by atoms with Crippen LogP contribution in [-0.2, 0) is 4.79 Å². The predicted octanol–water partition coefficient (Wildman–Crippen LogP) is 2.06. The highest BCUT2D eigenvalue weighted by Gasteiger charge is 2.03. The number of nitrogens with zero attached hydrogens (tertiary/aromatic N) is 1. The zero-order chi connectivity index (χ0) is 13.5. The largest absolute Gasteiger partial charge is 0.444 e. The Morgan fingerprint density at radius 3 is 2.79 bits per heavy atom. The molecule has 1 aromatic carbocycles. The summed E-state index contributed by atoms with van der Waals surface area (Å²) in [6.45, 7) is 4.44. The van der Waals surface area contributed by atoms with Crippen molar-refractivity contribution in [2.75, 3.05) is 18.4 Å². The van der Waals surface area contributed by atoms with Crippen LogP contribution in [-0.4, -0.2) is 24.0 Å². The number of benzene rings is 1. The minimum Gasteiger partial charge on any atom is -0.444 e. The lowest BCUT2D eigenvalue weighted by Gasteiger charge is -2.06. The van der Waals surface area contributed by atoms with E-state index in [4.69, 9.17) is 4.42 Å². The zero-order valence-corrected chi connectivity index (χ0v) is 10.4. The van der Waals surface area contributed by atoms with E-state index in [1.54, 1.807) is 12.3 Å². The first kappa shape index (κ1) is 13.0. The molecule has 5 heteroatoms. The van der Waals surface area contributed by atoms with Crippen molar-refractivity contribution in [3.8, 4) is 11.3 Å². The summed E-state index contributed by atoms with van der Waals surface area (Å²) < 4.78 is 5.19. The van der Waals surface area contributed by atoms with Crippen molar-refractivity contribution in [2.45, 2.75) is 0 Å². The van der Waals surface area contributed by atoms with E-state index in [-0.39, 0.29) is 12.5 Å². The summed E-state index contributed by atoms with van der Waals surface area (Å²) in [5.74, 6) is 0.611. The molecule has 2 N–H and O–H groups in total. The molecule has 0 spiro atoms. The van der Waals surface area contributed by atoms with Crippen molar-refractivity contribution >= 4 is 11.6 Å². The maximum Gasteiger partial charge on any atom is 0.238 e. The highest BCUT2D eigenvalue weighted by molar-refractivity contribution is 5.92. The number of hydrogen-bond acceptors (Lipinski definition) is 4. The highest BCUT2D eigenvalue weighted by Crippen LogP contribution is 2.20. The summed E-state index contributed by atoms with van der Waals surface area (Å²) in [7, 11) is 0. The molecule has 2 rings (SSSR count). The van der Waals surface area contributed by atoms with Crippen LogP contribution in [0.5, 0.6) is 0 Å². The van der Waals surface area contributed by atoms with Crippen LogP contribution >= 0.6 is 0 Å². The van der Waals surface area contributed by atoms with Gasteiger partial charge in [-0.3, -0.25) is 4.79 Å². The van der Waals surface area contributed by atoms with Gasteiger partial charge in [-0.15, -0.1) is 6.58 Å². The minimum absolute atomic E-state index is 0.0886. The number of carbonyl (C=O) groups excluding carboxylic acids is 1. The van der Waals surface area contributed by atoms with Gasteiger partial charge < -0.3 is 15.1 Å². The molecule has 1 amide bonds. The second kappa shape index (κ2) is 6.51. The van der Waals surface area contributed by atoms with Gasteiger partial charge >= 0.3 is 0 Å². The maximum atomic E-state index is 11.6. The molecule has 19 heavy (non-hydrogen) atoms. The van der Waals surface area contributed by atoms with Crippen molar-refractivity contribution < 1.29 is 9.21 Å². The zero-order valence-electron chi connectivity index (χ0n) is 10.4. The van der Waals surface area contributed by atoms with E-state index < -0.39 is 0 Å². The summed E-state index contributed by atoms with van der Waals surface area (Å²) in [4.78, 5) is 15.4. The topological polar surface area (TPSA) is 67.2 Å². The quantitative estimate of drug-likeness (QED) is 0.614. The number of nitrogens with one attached hydrogen (secondary N) is 2. The lowest BCUT2D eigenvalue weighted by atomic mass is 10.2. The third kappa shape index (κ3) is 3.79. The van der Waals surface area contributed by atoms with Crippen LogP contribution in [0.2, 0.25) is 0 Å². The molecular weight excluding hydrogens is 242 g/mol. The van der Waals surface area contributed by atoms with Crippen LogP contribution in [0.25, 0.3) is 11.3 Å². The number of carbonyl (C=O) groups is 1. The van der Waals surface area contributed by atoms with E-state index >= 15 is 0 Å². The summed E-state index contributed by atoms with van der Waals surface area (Å²) in [6, 6.07) is 7.38. The fraction of sp³-hybridized carbons (Fsp3) is 0.143. The van der Waals surface area contributed by atoms with E-state index in [2.05, 4.69) is 22.2 Å². The number of aromatic nitrogens is 1. The van der Waals surface area contributed by atoms with Gasteiger partial charge in [-0.2, -0.15) is 0 Å². The molecule has 0 fully saturated rings. The summed E-state index contributed by atoms with van der Waals surface area (Å²) in [6.07, 6.45) is 4.74. The number of amides is 1. The molecule has 0 atom stereocenters. The molecule has 0 saturated carbocycles. The van der Waals surface area contributed by atoms with Gasteiger partial charge in [-0.05, 0) is 24.3 Å². The molecule has 98 valence electrons. The molecule has 0 radical (unpaired) electrons. The molecule has 0 unspecified atom stereocenters. The van der Waals surface area contributed by atoms with Crippen molar-refractivity contribution in [3.63, 3.8) is 0 Å². The minimum atomic E-state index is -0.0886. The van der Waals surface area contributed by atoms with Gasteiger partial charge in [0.25, 0.3) is 0 Å². The van der Waals surface area contributed by atoms with Gasteiger partial charge in [0.2, 0.25) is 5.91 Å². The van der Waals surface area contributed by atoms with Crippen molar-refractivity contribution in [2.24, 2.45) is 0 Å². The molecule has 0 bridgehead atoms. The lowest BCUT2D eigenvalue weighted by Crippen LogP contribution is -2.27. The smallest absolute Gasteiger partial charge is 0.238 e. The van der Waals surface area contributed by atoms with Crippen molar-refractivity contribution in [1.82, 2.24) is 10.3 Å². The molecule has 5 nitrogen and oxygen atoms in total. The normalized spacial score (nSPS) is 10.1. The Labute approximate surface area is 111 Å². The van der Waals surface area contributed by atoms with Crippen molar-refractivity contribution in [1.29, 1.82) is 0 Å². The Morgan fingerprint density at radius 1 is 1.37 bits per heavy atom. The highest BCUT2D eigenvalue weighted by atomic mass is 16.3. The molecule has 1 heterocycles. The first-order valence-corrected chi connectivity index (χ1v) is 5.90. The van der Waals surface area contributed by atoms with E-state index in [0.717, 1.165) is 11.3 Å². The Bertz CT molecular complexity index is 532. The van der Waals surface area contributed by atoms with Crippen LogP contribution in [0.15, 0.2) is 53.9 Å². The second-order valence-electron chi connectivity index (χ2n) is 3.91. The number of oxazole rings is 1. The van der Waals surface area contributed by atoms with E-state index in [9.17, 15) is 4.79 Å². The van der Waals surface area contributed by atoms with Crippen molar-refractivity contribution in [3.05, 3.63) is 49.5 Å². The van der Waals surface area contributed by atoms with Gasteiger partial charge in [-0.25, -0.2) is 4.98 Å². The Morgan fingerprint density at radius 2 is 2.16 bits per heavy atom. The predicted molar refractivity (Wildman–Crippen MR) is 73.6 cm³/mol. The Kier molecular flexibility index (Phi) is 4.47. The van der Waals surface area contributed by atoms with Crippen LogP contribution in [0, 0.1) is 0 Å². The van der Waals surface area contributed by atoms with Crippen LogP contribution in [0.3, 0.4) is 0 Å². The standard InChI is InChI=1S/C14H15N3O2/c1-2-7-15-9-14(18)17-12-5-3-11(4-6-12)13-8-16-10-19-13/h2-6,8,10,15H,1,7,9H2,(H,17,18).